The van der Waals surface area contributed by atoms with Gasteiger partial charge in [-0.2, -0.15) is 0 Å². The van der Waals surface area contributed by atoms with Crippen LogP contribution in [0.15, 0.2) is 42.5 Å². The number of hydrogen-bond acceptors (Lipinski definition) is 0. The number of hydrogen-bond donors (Lipinski definition) is 0. The van der Waals surface area contributed by atoms with Crippen LogP contribution in [0.2, 0.25) is 0 Å². The first-order valence-electron chi connectivity index (χ1n) is 8.72. The van der Waals surface area contributed by atoms with Crippen molar-refractivity contribution in [3.05, 3.63) is 70.8 Å². The molecule has 0 bridgehead atoms. The number of halogens is 2. The third-order valence-electron chi connectivity index (χ3n) is 5.02. The smallest absolute Gasteiger partial charge is 0.127 e. The van der Waals surface area contributed by atoms with E-state index in [1.54, 1.807) is 0 Å². The molecule has 0 spiro atoms. The minimum atomic E-state index is -0.600. The molecule has 24 heavy (non-hydrogen) atoms. The molecular weight excluding hydrogens is 302 g/mol. The third kappa shape index (κ3) is 4.23. The summed E-state index contributed by atoms with van der Waals surface area (Å²) >= 11 is 0. The van der Waals surface area contributed by atoms with Crippen LogP contribution in [-0.2, 0) is 0 Å². The highest BCUT2D eigenvalue weighted by molar-refractivity contribution is 5.44. The van der Waals surface area contributed by atoms with Gasteiger partial charge in [-0.3, -0.25) is 0 Å². The van der Waals surface area contributed by atoms with Gasteiger partial charge < -0.3 is 0 Å². The van der Waals surface area contributed by atoms with Crippen LogP contribution in [0.5, 0.6) is 0 Å². The van der Waals surface area contributed by atoms with Crippen molar-refractivity contribution in [1.29, 1.82) is 0 Å². The Labute approximate surface area is 142 Å². The Hall–Kier alpha value is -2.14. The lowest BCUT2D eigenvalue weighted by molar-refractivity contribution is 0.319. The van der Waals surface area contributed by atoms with Crippen LogP contribution in [0.1, 0.15) is 61.6 Å². The second-order valence-electron chi connectivity index (χ2n) is 6.66. The molecule has 3 rings (SSSR count). The van der Waals surface area contributed by atoms with Crippen LogP contribution in [0.3, 0.4) is 0 Å². The molecule has 0 nitrogen and oxygen atoms in total. The molecular formula is C22H22F2. The molecule has 0 aliphatic heterocycles. The van der Waals surface area contributed by atoms with E-state index >= 15 is 0 Å². The summed E-state index contributed by atoms with van der Waals surface area (Å²) in [5, 5.41) is 0. The van der Waals surface area contributed by atoms with Crippen molar-refractivity contribution in [2.75, 3.05) is 0 Å². The zero-order valence-corrected chi connectivity index (χ0v) is 14.0. The Kier molecular flexibility index (Phi) is 5.30. The molecule has 1 fully saturated rings. The largest absolute Gasteiger partial charge is 0.207 e. The summed E-state index contributed by atoms with van der Waals surface area (Å²) in [6, 6.07) is 11.6. The van der Waals surface area contributed by atoms with Crippen LogP contribution in [0.4, 0.5) is 8.78 Å². The van der Waals surface area contributed by atoms with Gasteiger partial charge in [0, 0.05) is 17.2 Å². The van der Waals surface area contributed by atoms with Gasteiger partial charge in [-0.05, 0) is 67.3 Å². The molecule has 0 aromatic heterocycles. The van der Waals surface area contributed by atoms with Gasteiger partial charge in [0.1, 0.15) is 11.6 Å². The van der Waals surface area contributed by atoms with E-state index in [2.05, 4.69) is 30.9 Å². The van der Waals surface area contributed by atoms with Gasteiger partial charge in [-0.1, -0.05) is 37.3 Å². The summed E-state index contributed by atoms with van der Waals surface area (Å²) in [5.74, 6) is 6.16. The quantitative estimate of drug-likeness (QED) is 0.590. The van der Waals surface area contributed by atoms with Crippen LogP contribution in [0.25, 0.3) is 0 Å². The molecule has 1 aliphatic rings. The van der Waals surface area contributed by atoms with E-state index < -0.39 is 11.6 Å². The lowest BCUT2D eigenvalue weighted by Gasteiger charge is -2.28. The lowest BCUT2D eigenvalue weighted by atomic mass is 9.78. The van der Waals surface area contributed by atoms with Crippen LogP contribution < -0.4 is 0 Å². The van der Waals surface area contributed by atoms with Crippen molar-refractivity contribution >= 4 is 0 Å². The maximum atomic E-state index is 13.2. The molecule has 0 unspecified atom stereocenters. The van der Waals surface area contributed by atoms with Gasteiger partial charge in [-0.25, -0.2) is 8.78 Å². The molecule has 0 atom stereocenters. The SMILES string of the molecule is CCC1CCC(c2ccc(C#Cc3cc(F)cc(F)c3)cc2)CC1. The molecule has 2 heteroatoms. The maximum Gasteiger partial charge on any atom is 0.127 e. The second-order valence-corrected chi connectivity index (χ2v) is 6.66. The summed E-state index contributed by atoms with van der Waals surface area (Å²) < 4.78 is 26.3. The average molecular weight is 324 g/mol. The van der Waals surface area contributed by atoms with Gasteiger partial charge in [0.2, 0.25) is 0 Å². The average Bonchev–Trinajstić information content (AvgIpc) is 2.60. The minimum absolute atomic E-state index is 0.356. The molecule has 2 aromatic rings. The molecule has 1 saturated carbocycles. The standard InChI is InChI=1S/C22H22F2/c1-2-16-5-9-19(10-6-16)20-11-7-17(8-12-20)3-4-18-13-21(23)15-22(24)14-18/h7-8,11-16,19H,2,5-6,9-10H2,1H3. The predicted octanol–water partition coefficient (Wildman–Crippen LogP) is 6.05. The molecule has 124 valence electrons. The van der Waals surface area contributed by atoms with Gasteiger partial charge >= 0.3 is 0 Å². The highest BCUT2D eigenvalue weighted by atomic mass is 19.1. The maximum absolute atomic E-state index is 13.2. The molecule has 0 amide bonds. The summed E-state index contributed by atoms with van der Waals surface area (Å²) in [6.07, 6.45) is 6.49. The zero-order chi connectivity index (χ0) is 16.9. The first-order chi connectivity index (χ1) is 11.6. The predicted molar refractivity (Wildman–Crippen MR) is 93.8 cm³/mol. The Morgan fingerprint density at radius 1 is 0.833 bits per heavy atom. The Balaban J connectivity index is 1.68. The van der Waals surface area contributed by atoms with Crippen LogP contribution in [-0.4, -0.2) is 0 Å². The summed E-state index contributed by atoms with van der Waals surface area (Å²) in [5.41, 5.74) is 2.60. The minimum Gasteiger partial charge on any atom is -0.207 e. The van der Waals surface area contributed by atoms with Crippen molar-refractivity contribution in [2.45, 2.75) is 44.9 Å². The monoisotopic (exact) mass is 324 g/mol. The fraction of sp³-hybridized carbons (Fsp3) is 0.364. The molecule has 0 saturated heterocycles. The van der Waals surface area contributed by atoms with E-state index in [-0.39, 0.29) is 0 Å². The van der Waals surface area contributed by atoms with Crippen LogP contribution in [0, 0.1) is 29.4 Å². The van der Waals surface area contributed by atoms with Crippen molar-refractivity contribution in [1.82, 2.24) is 0 Å². The fourth-order valence-electron chi connectivity index (χ4n) is 3.51. The van der Waals surface area contributed by atoms with E-state index in [1.807, 2.05) is 12.1 Å². The van der Waals surface area contributed by atoms with E-state index in [0.717, 1.165) is 17.5 Å². The Bertz CT molecular complexity index is 722. The first kappa shape index (κ1) is 16.7. The molecule has 1 aliphatic carbocycles. The Morgan fingerprint density at radius 3 is 2.00 bits per heavy atom. The van der Waals surface area contributed by atoms with E-state index in [9.17, 15) is 8.78 Å². The molecule has 0 heterocycles. The van der Waals surface area contributed by atoms with E-state index in [1.165, 1.54) is 49.8 Å². The van der Waals surface area contributed by atoms with E-state index in [0.29, 0.717) is 11.5 Å². The summed E-state index contributed by atoms with van der Waals surface area (Å²) in [7, 11) is 0. The van der Waals surface area contributed by atoms with Crippen molar-refractivity contribution in [3.63, 3.8) is 0 Å². The normalized spacial score (nSPS) is 20.3. The highest BCUT2D eigenvalue weighted by Crippen LogP contribution is 2.36. The molecule has 2 aromatic carbocycles. The second kappa shape index (κ2) is 7.62. The van der Waals surface area contributed by atoms with Gasteiger partial charge in [0.05, 0.1) is 0 Å². The van der Waals surface area contributed by atoms with Crippen molar-refractivity contribution in [2.24, 2.45) is 5.92 Å². The Morgan fingerprint density at radius 2 is 1.42 bits per heavy atom. The zero-order valence-electron chi connectivity index (χ0n) is 14.0. The lowest BCUT2D eigenvalue weighted by Crippen LogP contribution is -2.12. The molecule has 0 radical (unpaired) electrons. The summed E-state index contributed by atoms with van der Waals surface area (Å²) in [6.45, 7) is 2.28. The van der Waals surface area contributed by atoms with Gasteiger partial charge in [0.15, 0.2) is 0 Å². The summed E-state index contributed by atoms with van der Waals surface area (Å²) in [4.78, 5) is 0. The van der Waals surface area contributed by atoms with Crippen molar-refractivity contribution in [3.8, 4) is 11.8 Å². The third-order valence-corrected chi connectivity index (χ3v) is 5.02. The highest BCUT2D eigenvalue weighted by Gasteiger charge is 2.20. The van der Waals surface area contributed by atoms with Crippen LogP contribution >= 0.6 is 0 Å². The first-order valence-corrected chi connectivity index (χ1v) is 8.72. The van der Waals surface area contributed by atoms with Gasteiger partial charge in [-0.15, -0.1) is 0 Å². The number of benzene rings is 2. The fourth-order valence-corrected chi connectivity index (χ4v) is 3.51. The van der Waals surface area contributed by atoms with Gasteiger partial charge in [0.25, 0.3) is 0 Å². The van der Waals surface area contributed by atoms with E-state index in [4.69, 9.17) is 0 Å². The number of rotatable bonds is 2. The topological polar surface area (TPSA) is 0 Å². The molecule has 0 N–H and O–H groups in total. The van der Waals surface area contributed by atoms with Crippen molar-refractivity contribution < 1.29 is 8.78 Å².